The number of anilines is 2. The Balaban J connectivity index is 2.83. The zero-order valence-electron chi connectivity index (χ0n) is 9.16. The number of amides is 1. The first-order chi connectivity index (χ1) is 6.80. The standard InChI is InChI=1S/C11H16N2OS/c1-11(2,3)10(14)13-7-4-5-8(12)9(15)6-7/h4-6,15H,12H2,1-3H3,(H,13,14). The third-order valence-electron chi connectivity index (χ3n) is 1.97. The normalized spacial score (nSPS) is 11.2. The molecule has 1 amide bonds. The van der Waals surface area contributed by atoms with Crippen molar-refractivity contribution >= 4 is 29.9 Å². The molecular weight excluding hydrogens is 208 g/mol. The minimum absolute atomic E-state index is 0.0278. The number of hydrogen-bond donors (Lipinski definition) is 3. The van der Waals surface area contributed by atoms with Gasteiger partial charge in [0.15, 0.2) is 0 Å². The molecule has 3 N–H and O–H groups in total. The van der Waals surface area contributed by atoms with Crippen LogP contribution in [0, 0.1) is 5.41 Å². The molecule has 15 heavy (non-hydrogen) atoms. The van der Waals surface area contributed by atoms with E-state index in [1.54, 1.807) is 18.2 Å². The summed E-state index contributed by atoms with van der Waals surface area (Å²) in [5.74, 6) is -0.0278. The maximum Gasteiger partial charge on any atom is 0.229 e. The van der Waals surface area contributed by atoms with Crippen LogP contribution < -0.4 is 11.1 Å². The highest BCUT2D eigenvalue weighted by Gasteiger charge is 2.21. The van der Waals surface area contributed by atoms with E-state index in [4.69, 9.17) is 5.73 Å². The number of nitrogen functional groups attached to an aromatic ring is 1. The summed E-state index contributed by atoms with van der Waals surface area (Å²) in [4.78, 5) is 12.3. The zero-order chi connectivity index (χ0) is 11.6. The van der Waals surface area contributed by atoms with E-state index in [0.29, 0.717) is 16.3 Å². The van der Waals surface area contributed by atoms with Gasteiger partial charge in [0.1, 0.15) is 0 Å². The Bertz CT molecular complexity index is 383. The lowest BCUT2D eigenvalue weighted by Gasteiger charge is -2.17. The summed E-state index contributed by atoms with van der Waals surface area (Å²) in [6, 6.07) is 5.22. The van der Waals surface area contributed by atoms with Gasteiger partial charge in [-0.1, -0.05) is 20.8 Å². The predicted molar refractivity (Wildman–Crippen MR) is 66.2 cm³/mol. The van der Waals surface area contributed by atoms with Crippen molar-refractivity contribution in [3.63, 3.8) is 0 Å². The molecule has 1 aromatic rings. The molecule has 82 valence electrons. The monoisotopic (exact) mass is 224 g/mol. The number of hydrogen-bond acceptors (Lipinski definition) is 3. The first kappa shape index (κ1) is 11.9. The average Bonchev–Trinajstić information content (AvgIpc) is 2.10. The van der Waals surface area contributed by atoms with Gasteiger partial charge in [0, 0.05) is 21.7 Å². The first-order valence-corrected chi connectivity index (χ1v) is 5.15. The highest BCUT2D eigenvalue weighted by molar-refractivity contribution is 7.80. The number of benzene rings is 1. The van der Waals surface area contributed by atoms with Crippen LogP contribution in [0.3, 0.4) is 0 Å². The van der Waals surface area contributed by atoms with Gasteiger partial charge in [0.25, 0.3) is 0 Å². The Hall–Kier alpha value is -1.16. The van der Waals surface area contributed by atoms with Gasteiger partial charge >= 0.3 is 0 Å². The minimum atomic E-state index is -0.405. The molecule has 0 radical (unpaired) electrons. The molecule has 0 aromatic heterocycles. The fourth-order valence-electron chi connectivity index (χ4n) is 0.940. The molecule has 0 aliphatic carbocycles. The molecule has 0 heterocycles. The van der Waals surface area contributed by atoms with E-state index in [0.717, 1.165) is 0 Å². The second-order valence-corrected chi connectivity index (χ2v) is 4.96. The molecular formula is C11H16N2OS. The summed E-state index contributed by atoms with van der Waals surface area (Å²) in [6.45, 7) is 5.59. The molecule has 0 saturated carbocycles. The second kappa shape index (κ2) is 4.14. The van der Waals surface area contributed by atoms with E-state index in [2.05, 4.69) is 17.9 Å². The van der Waals surface area contributed by atoms with Crippen molar-refractivity contribution < 1.29 is 4.79 Å². The Morgan fingerprint density at radius 2 is 2.00 bits per heavy atom. The summed E-state index contributed by atoms with van der Waals surface area (Å²) in [7, 11) is 0. The summed E-state index contributed by atoms with van der Waals surface area (Å²) in [5.41, 5.74) is 6.53. The molecule has 1 aromatic carbocycles. The van der Waals surface area contributed by atoms with Crippen molar-refractivity contribution in [2.75, 3.05) is 11.1 Å². The summed E-state index contributed by atoms with van der Waals surface area (Å²) < 4.78 is 0. The van der Waals surface area contributed by atoms with Crippen molar-refractivity contribution in [2.24, 2.45) is 5.41 Å². The van der Waals surface area contributed by atoms with Crippen LogP contribution in [0.1, 0.15) is 20.8 Å². The molecule has 4 heteroatoms. The molecule has 0 unspecified atom stereocenters. The van der Waals surface area contributed by atoms with Crippen LogP contribution in [0.5, 0.6) is 0 Å². The first-order valence-electron chi connectivity index (χ1n) is 4.70. The van der Waals surface area contributed by atoms with Crippen molar-refractivity contribution in [1.82, 2.24) is 0 Å². The topological polar surface area (TPSA) is 55.1 Å². The predicted octanol–water partition coefficient (Wildman–Crippen LogP) is 2.54. The van der Waals surface area contributed by atoms with Crippen LogP contribution in [-0.2, 0) is 4.79 Å². The van der Waals surface area contributed by atoms with Gasteiger partial charge in [-0.3, -0.25) is 4.79 Å². The number of nitrogens with two attached hydrogens (primary N) is 1. The fourth-order valence-corrected chi connectivity index (χ4v) is 1.15. The summed E-state index contributed by atoms with van der Waals surface area (Å²) in [5, 5.41) is 2.81. The van der Waals surface area contributed by atoms with E-state index in [1.165, 1.54) is 0 Å². The van der Waals surface area contributed by atoms with Gasteiger partial charge in [-0.2, -0.15) is 0 Å². The Morgan fingerprint density at radius 1 is 1.40 bits per heavy atom. The fraction of sp³-hybridized carbons (Fsp3) is 0.364. The Morgan fingerprint density at radius 3 is 2.47 bits per heavy atom. The average molecular weight is 224 g/mol. The maximum absolute atomic E-state index is 11.7. The molecule has 0 atom stereocenters. The lowest BCUT2D eigenvalue weighted by Crippen LogP contribution is -2.27. The van der Waals surface area contributed by atoms with Crippen LogP contribution >= 0.6 is 12.6 Å². The van der Waals surface area contributed by atoms with Gasteiger partial charge in [0.2, 0.25) is 5.91 Å². The van der Waals surface area contributed by atoms with E-state index in [1.807, 2.05) is 20.8 Å². The molecule has 0 spiro atoms. The second-order valence-electron chi connectivity index (χ2n) is 4.48. The van der Waals surface area contributed by atoms with Crippen LogP contribution in [0.4, 0.5) is 11.4 Å². The van der Waals surface area contributed by atoms with E-state index >= 15 is 0 Å². The smallest absolute Gasteiger partial charge is 0.229 e. The molecule has 0 fully saturated rings. The van der Waals surface area contributed by atoms with Gasteiger partial charge in [0.05, 0.1) is 0 Å². The lowest BCUT2D eigenvalue weighted by atomic mass is 9.95. The number of nitrogens with one attached hydrogen (secondary N) is 1. The quantitative estimate of drug-likeness (QED) is 0.507. The van der Waals surface area contributed by atoms with Crippen LogP contribution in [0.2, 0.25) is 0 Å². The highest BCUT2D eigenvalue weighted by Crippen LogP contribution is 2.23. The number of rotatable bonds is 1. The van der Waals surface area contributed by atoms with Crippen LogP contribution in [0.25, 0.3) is 0 Å². The van der Waals surface area contributed by atoms with Crippen molar-refractivity contribution in [1.29, 1.82) is 0 Å². The van der Waals surface area contributed by atoms with Gasteiger partial charge < -0.3 is 11.1 Å². The number of carbonyl (C=O) groups excluding carboxylic acids is 1. The third kappa shape index (κ3) is 3.16. The molecule has 0 aliphatic rings. The van der Waals surface area contributed by atoms with Crippen LogP contribution in [-0.4, -0.2) is 5.91 Å². The summed E-state index contributed by atoms with van der Waals surface area (Å²) >= 11 is 4.19. The lowest BCUT2D eigenvalue weighted by molar-refractivity contribution is -0.123. The molecule has 0 saturated heterocycles. The van der Waals surface area contributed by atoms with E-state index in [9.17, 15) is 4.79 Å². The van der Waals surface area contributed by atoms with E-state index < -0.39 is 5.41 Å². The van der Waals surface area contributed by atoms with E-state index in [-0.39, 0.29) is 5.91 Å². The van der Waals surface area contributed by atoms with Gasteiger partial charge in [-0.25, -0.2) is 0 Å². The highest BCUT2D eigenvalue weighted by atomic mass is 32.1. The van der Waals surface area contributed by atoms with Crippen molar-refractivity contribution in [3.8, 4) is 0 Å². The molecule has 0 aliphatic heterocycles. The largest absolute Gasteiger partial charge is 0.398 e. The summed E-state index contributed by atoms with van der Waals surface area (Å²) in [6.07, 6.45) is 0. The maximum atomic E-state index is 11.7. The SMILES string of the molecule is CC(C)(C)C(=O)Nc1ccc(N)c(S)c1. The molecule has 1 rings (SSSR count). The Labute approximate surface area is 95.5 Å². The Kier molecular flexibility index (Phi) is 3.29. The molecule has 3 nitrogen and oxygen atoms in total. The van der Waals surface area contributed by atoms with Crippen molar-refractivity contribution in [2.45, 2.75) is 25.7 Å². The minimum Gasteiger partial charge on any atom is -0.398 e. The number of carbonyl (C=O) groups is 1. The van der Waals surface area contributed by atoms with Crippen molar-refractivity contribution in [3.05, 3.63) is 18.2 Å². The molecule has 0 bridgehead atoms. The number of thiol groups is 1. The van der Waals surface area contributed by atoms with Crippen LogP contribution in [0.15, 0.2) is 23.1 Å². The zero-order valence-corrected chi connectivity index (χ0v) is 10.1. The third-order valence-corrected chi connectivity index (χ3v) is 2.36. The van der Waals surface area contributed by atoms with Gasteiger partial charge in [-0.15, -0.1) is 12.6 Å². The van der Waals surface area contributed by atoms with Gasteiger partial charge in [-0.05, 0) is 18.2 Å².